The molecule has 0 radical (unpaired) electrons. The smallest absolute Gasteiger partial charge is 0.194 e. The molecule has 0 saturated carbocycles. The lowest BCUT2D eigenvalue weighted by Crippen LogP contribution is -2.47. The number of hydrogen-bond donors (Lipinski definition) is 1. The third-order valence-electron chi connectivity index (χ3n) is 5.53. The van der Waals surface area contributed by atoms with Crippen molar-refractivity contribution in [1.29, 1.82) is 0 Å². The predicted octanol–water partition coefficient (Wildman–Crippen LogP) is 4.87. The van der Waals surface area contributed by atoms with Crippen LogP contribution in [0.2, 0.25) is 0 Å². The monoisotopic (exact) mass is 567 g/mol. The Hall–Kier alpha value is -1.84. The number of likely N-dealkylation sites (tertiary alicyclic amines) is 1. The van der Waals surface area contributed by atoms with Crippen LogP contribution in [-0.2, 0) is 22.6 Å². The summed E-state index contributed by atoms with van der Waals surface area (Å²) in [7, 11) is 1.73. The van der Waals surface area contributed by atoms with E-state index in [0.29, 0.717) is 19.3 Å². The van der Waals surface area contributed by atoms with Crippen molar-refractivity contribution in [3.8, 4) is 5.75 Å². The largest absolute Gasteiger partial charge is 0.489 e. The second-order valence-electron chi connectivity index (χ2n) is 7.96. The molecule has 0 bridgehead atoms. The summed E-state index contributed by atoms with van der Waals surface area (Å²) in [5, 5.41) is 3.45. The summed E-state index contributed by atoms with van der Waals surface area (Å²) in [6.07, 6.45) is 3.33. The van der Waals surface area contributed by atoms with Gasteiger partial charge in [0.2, 0.25) is 0 Å². The fourth-order valence-electron chi connectivity index (χ4n) is 3.78. The van der Waals surface area contributed by atoms with Gasteiger partial charge in [0.1, 0.15) is 12.4 Å². The van der Waals surface area contributed by atoms with E-state index in [1.54, 1.807) is 7.11 Å². The van der Waals surface area contributed by atoms with Gasteiger partial charge < -0.3 is 24.4 Å². The molecule has 1 N–H and O–H groups in total. The molecule has 1 fully saturated rings. The van der Waals surface area contributed by atoms with Gasteiger partial charge in [-0.3, -0.25) is 0 Å². The van der Waals surface area contributed by atoms with Gasteiger partial charge in [-0.1, -0.05) is 48.5 Å². The lowest BCUT2D eigenvalue weighted by atomic mass is 10.1. The van der Waals surface area contributed by atoms with E-state index >= 15 is 0 Å². The van der Waals surface area contributed by atoms with Crippen molar-refractivity contribution in [3.05, 3.63) is 65.7 Å². The summed E-state index contributed by atoms with van der Waals surface area (Å²) >= 11 is 0. The molecule has 1 aliphatic rings. The Morgan fingerprint density at radius 2 is 1.76 bits per heavy atom. The minimum atomic E-state index is 0. The number of para-hydroxylation sites is 1. The predicted molar refractivity (Wildman–Crippen MR) is 144 cm³/mol. The average Bonchev–Trinajstić information content (AvgIpc) is 2.85. The van der Waals surface area contributed by atoms with Gasteiger partial charge >= 0.3 is 0 Å². The lowest BCUT2D eigenvalue weighted by Gasteiger charge is -2.34. The zero-order valence-corrected chi connectivity index (χ0v) is 22.2. The Balaban J connectivity index is 0.00000385. The molecule has 0 spiro atoms. The number of nitrogens with zero attached hydrogens (tertiary/aromatic N) is 2. The summed E-state index contributed by atoms with van der Waals surface area (Å²) in [6, 6.07) is 18.4. The molecule has 2 aromatic carbocycles. The van der Waals surface area contributed by atoms with Gasteiger partial charge in [0.25, 0.3) is 0 Å². The van der Waals surface area contributed by atoms with Crippen LogP contribution in [0.15, 0.2) is 59.6 Å². The molecule has 182 valence electrons. The van der Waals surface area contributed by atoms with Gasteiger partial charge in [0, 0.05) is 45.5 Å². The standard InChI is InChI=1S/C26H37N3O3.HI/c1-3-27-26(29-16-14-24(15-17-29)31-19-9-18-30-2)28-20-23-12-7-8-13-25(23)32-21-22-10-5-4-6-11-22;/h4-8,10-13,24H,3,9,14-21H2,1-2H3,(H,27,28);1H. The highest BCUT2D eigenvalue weighted by Gasteiger charge is 2.22. The highest BCUT2D eigenvalue weighted by Crippen LogP contribution is 2.21. The number of aliphatic imine (C=N–C) groups is 1. The maximum Gasteiger partial charge on any atom is 0.194 e. The normalized spacial score (nSPS) is 14.6. The third-order valence-corrected chi connectivity index (χ3v) is 5.53. The van der Waals surface area contributed by atoms with E-state index in [1.807, 2.05) is 36.4 Å². The van der Waals surface area contributed by atoms with E-state index in [1.165, 1.54) is 0 Å². The Morgan fingerprint density at radius 1 is 1.03 bits per heavy atom. The van der Waals surface area contributed by atoms with Gasteiger partial charge in [-0.05, 0) is 37.8 Å². The zero-order chi connectivity index (χ0) is 22.4. The molecule has 2 aromatic rings. The number of guanidine groups is 1. The summed E-state index contributed by atoms with van der Waals surface area (Å²) in [5.74, 6) is 1.85. The maximum absolute atomic E-state index is 6.10. The Labute approximate surface area is 215 Å². The van der Waals surface area contributed by atoms with E-state index < -0.39 is 0 Å². The Kier molecular flexibility index (Phi) is 13.2. The van der Waals surface area contributed by atoms with Crippen LogP contribution < -0.4 is 10.1 Å². The summed E-state index contributed by atoms with van der Waals surface area (Å²) in [6.45, 7) is 7.52. The quantitative estimate of drug-likeness (QED) is 0.182. The maximum atomic E-state index is 6.10. The van der Waals surface area contributed by atoms with Gasteiger partial charge in [-0.25, -0.2) is 4.99 Å². The van der Waals surface area contributed by atoms with Crippen molar-refractivity contribution in [2.75, 3.05) is 40.0 Å². The number of hydrogen-bond acceptors (Lipinski definition) is 4. The lowest BCUT2D eigenvalue weighted by molar-refractivity contribution is 0.00990. The van der Waals surface area contributed by atoms with Crippen molar-refractivity contribution in [2.45, 2.75) is 45.4 Å². The van der Waals surface area contributed by atoms with E-state index in [4.69, 9.17) is 19.2 Å². The zero-order valence-electron chi connectivity index (χ0n) is 19.9. The van der Waals surface area contributed by atoms with Gasteiger partial charge in [-0.2, -0.15) is 0 Å². The second kappa shape index (κ2) is 15.9. The van der Waals surface area contributed by atoms with E-state index in [-0.39, 0.29) is 24.0 Å². The molecule has 1 aliphatic heterocycles. The summed E-state index contributed by atoms with van der Waals surface area (Å²) in [5.41, 5.74) is 2.25. The van der Waals surface area contributed by atoms with Crippen molar-refractivity contribution in [1.82, 2.24) is 10.2 Å². The first-order chi connectivity index (χ1) is 15.8. The van der Waals surface area contributed by atoms with Gasteiger partial charge in [-0.15, -0.1) is 24.0 Å². The average molecular weight is 568 g/mol. The first-order valence-corrected chi connectivity index (χ1v) is 11.7. The molecule has 6 nitrogen and oxygen atoms in total. The van der Waals surface area contributed by atoms with Crippen molar-refractivity contribution >= 4 is 29.9 Å². The molecule has 0 amide bonds. The molecule has 3 rings (SSSR count). The van der Waals surface area contributed by atoms with Crippen LogP contribution in [0.25, 0.3) is 0 Å². The third kappa shape index (κ3) is 9.51. The highest BCUT2D eigenvalue weighted by atomic mass is 127. The number of methoxy groups -OCH3 is 1. The molecular weight excluding hydrogens is 529 g/mol. The van der Waals surface area contributed by atoms with Crippen molar-refractivity contribution < 1.29 is 14.2 Å². The minimum Gasteiger partial charge on any atom is -0.489 e. The van der Waals surface area contributed by atoms with Crippen LogP contribution in [-0.4, -0.2) is 56.9 Å². The van der Waals surface area contributed by atoms with Crippen molar-refractivity contribution in [2.24, 2.45) is 4.99 Å². The fourth-order valence-corrected chi connectivity index (χ4v) is 3.78. The van der Waals surface area contributed by atoms with Gasteiger partial charge in [0.05, 0.1) is 12.6 Å². The van der Waals surface area contributed by atoms with E-state index in [2.05, 4.69) is 35.3 Å². The highest BCUT2D eigenvalue weighted by molar-refractivity contribution is 14.0. The molecule has 0 unspecified atom stereocenters. The van der Waals surface area contributed by atoms with Crippen LogP contribution in [0.3, 0.4) is 0 Å². The number of piperidine rings is 1. The van der Waals surface area contributed by atoms with E-state index in [0.717, 1.165) is 74.9 Å². The molecule has 0 aromatic heterocycles. The number of benzene rings is 2. The van der Waals surface area contributed by atoms with Crippen LogP contribution in [0.4, 0.5) is 0 Å². The topological polar surface area (TPSA) is 55.3 Å². The summed E-state index contributed by atoms with van der Waals surface area (Å²) in [4.78, 5) is 7.27. The van der Waals surface area contributed by atoms with Gasteiger partial charge in [0.15, 0.2) is 5.96 Å². The second-order valence-corrected chi connectivity index (χ2v) is 7.96. The number of nitrogens with one attached hydrogen (secondary N) is 1. The molecule has 0 atom stereocenters. The fraction of sp³-hybridized carbons (Fsp3) is 0.500. The van der Waals surface area contributed by atoms with Crippen LogP contribution in [0, 0.1) is 0 Å². The molecule has 1 saturated heterocycles. The molecule has 33 heavy (non-hydrogen) atoms. The minimum absolute atomic E-state index is 0. The molecule has 0 aliphatic carbocycles. The Morgan fingerprint density at radius 3 is 2.48 bits per heavy atom. The molecular formula is C26H38IN3O3. The van der Waals surface area contributed by atoms with Crippen LogP contribution in [0.5, 0.6) is 5.75 Å². The Bertz CT molecular complexity index is 811. The van der Waals surface area contributed by atoms with E-state index in [9.17, 15) is 0 Å². The van der Waals surface area contributed by atoms with Crippen molar-refractivity contribution in [3.63, 3.8) is 0 Å². The SMILES string of the molecule is CCNC(=NCc1ccccc1OCc1ccccc1)N1CCC(OCCCOC)CC1.I. The molecule has 1 heterocycles. The number of halogens is 1. The number of rotatable bonds is 11. The van der Waals surface area contributed by atoms with Crippen LogP contribution >= 0.6 is 24.0 Å². The van der Waals surface area contributed by atoms with Crippen LogP contribution in [0.1, 0.15) is 37.3 Å². The number of ether oxygens (including phenoxy) is 3. The summed E-state index contributed by atoms with van der Waals surface area (Å²) < 4.78 is 17.2. The first kappa shape index (κ1) is 27.4. The first-order valence-electron chi connectivity index (χ1n) is 11.7. The molecule has 7 heteroatoms.